The molecule has 8 nitrogen and oxygen atoms in total. The zero-order valence-corrected chi connectivity index (χ0v) is 16.9. The highest BCUT2D eigenvalue weighted by atomic mass is 16.5. The predicted octanol–water partition coefficient (Wildman–Crippen LogP) is 2.01. The number of anilines is 2. The molecule has 4 N–H and O–H groups in total. The Hall–Kier alpha value is -3.39. The maximum Gasteiger partial charge on any atom is 0.251 e. The third-order valence-electron chi connectivity index (χ3n) is 4.77. The molecule has 3 rings (SSSR count). The molecule has 2 aromatic rings. The van der Waals surface area contributed by atoms with Crippen molar-refractivity contribution in [2.75, 3.05) is 37.4 Å². The maximum atomic E-state index is 12.2. The van der Waals surface area contributed by atoms with Gasteiger partial charge in [-0.3, -0.25) is 14.4 Å². The second kappa shape index (κ2) is 10.4. The Bertz CT molecular complexity index is 875. The minimum Gasteiger partial charge on any atom is -0.376 e. The average molecular weight is 410 g/mol. The van der Waals surface area contributed by atoms with Gasteiger partial charge < -0.3 is 26.0 Å². The lowest BCUT2D eigenvalue weighted by atomic mass is 10.2. The van der Waals surface area contributed by atoms with Gasteiger partial charge in [0.05, 0.1) is 12.6 Å². The number of carbonyl (C=O) groups is 3. The lowest BCUT2D eigenvalue weighted by Crippen LogP contribution is -2.31. The van der Waals surface area contributed by atoms with Crippen LogP contribution in [0.3, 0.4) is 0 Å². The fourth-order valence-corrected chi connectivity index (χ4v) is 3.09. The number of amides is 3. The summed E-state index contributed by atoms with van der Waals surface area (Å²) in [5.41, 5.74) is 2.41. The van der Waals surface area contributed by atoms with Gasteiger partial charge in [-0.2, -0.15) is 0 Å². The lowest BCUT2D eigenvalue weighted by Gasteiger charge is -2.11. The van der Waals surface area contributed by atoms with Crippen LogP contribution in [0.2, 0.25) is 0 Å². The summed E-state index contributed by atoms with van der Waals surface area (Å²) in [6.07, 6.45) is 2.10. The van der Waals surface area contributed by atoms with Crippen molar-refractivity contribution in [2.24, 2.45) is 0 Å². The van der Waals surface area contributed by atoms with Gasteiger partial charge >= 0.3 is 0 Å². The normalized spacial score (nSPS) is 15.3. The minimum absolute atomic E-state index is 0.0724. The van der Waals surface area contributed by atoms with Crippen LogP contribution < -0.4 is 21.3 Å². The van der Waals surface area contributed by atoms with E-state index in [9.17, 15) is 14.4 Å². The number of nitrogens with one attached hydrogen (secondary N) is 4. The Morgan fingerprint density at radius 3 is 2.17 bits per heavy atom. The van der Waals surface area contributed by atoms with Crippen molar-refractivity contribution < 1.29 is 19.1 Å². The summed E-state index contributed by atoms with van der Waals surface area (Å²) >= 11 is 0. The largest absolute Gasteiger partial charge is 0.376 e. The number of hydrogen-bond donors (Lipinski definition) is 4. The monoisotopic (exact) mass is 410 g/mol. The van der Waals surface area contributed by atoms with E-state index in [1.165, 1.54) is 0 Å². The first-order valence-corrected chi connectivity index (χ1v) is 9.91. The van der Waals surface area contributed by atoms with E-state index < -0.39 is 0 Å². The molecule has 1 aliphatic rings. The Kier molecular flexibility index (Phi) is 7.40. The molecule has 8 heteroatoms. The topological polar surface area (TPSA) is 109 Å². The number of rotatable bonds is 8. The summed E-state index contributed by atoms with van der Waals surface area (Å²) in [5.74, 6) is -0.547. The van der Waals surface area contributed by atoms with E-state index in [1.54, 1.807) is 55.6 Å². The predicted molar refractivity (Wildman–Crippen MR) is 115 cm³/mol. The highest BCUT2D eigenvalue weighted by molar-refractivity contribution is 5.97. The SMILES string of the molecule is CNC(=O)c1ccc(NCC(=O)Nc2ccc(C(=O)NCC3CCCO3)cc2)cc1. The maximum absolute atomic E-state index is 12.2. The van der Waals surface area contributed by atoms with Crippen LogP contribution in [0, 0.1) is 0 Å². The second-order valence-corrected chi connectivity index (χ2v) is 6.98. The van der Waals surface area contributed by atoms with Crippen molar-refractivity contribution in [3.05, 3.63) is 59.7 Å². The van der Waals surface area contributed by atoms with Crippen LogP contribution in [-0.2, 0) is 9.53 Å². The zero-order valence-electron chi connectivity index (χ0n) is 16.9. The molecule has 2 aromatic carbocycles. The standard InChI is InChI=1S/C22H26N4O4/c1-23-21(28)15-4-8-17(9-5-15)24-14-20(27)26-18-10-6-16(7-11-18)22(29)25-13-19-3-2-12-30-19/h4-11,19,24H,2-3,12-14H2,1H3,(H,23,28)(H,25,29)(H,26,27). The Morgan fingerprint density at radius 2 is 1.57 bits per heavy atom. The number of carbonyl (C=O) groups excluding carboxylic acids is 3. The third kappa shape index (κ3) is 6.05. The Labute approximate surface area is 175 Å². The van der Waals surface area contributed by atoms with Crippen LogP contribution in [0.15, 0.2) is 48.5 Å². The summed E-state index contributed by atoms with van der Waals surface area (Å²) in [6.45, 7) is 1.33. The molecule has 0 bridgehead atoms. The molecule has 0 radical (unpaired) electrons. The minimum atomic E-state index is -0.221. The zero-order chi connectivity index (χ0) is 21.3. The van der Waals surface area contributed by atoms with Crippen molar-refractivity contribution >= 4 is 29.1 Å². The Morgan fingerprint density at radius 1 is 0.933 bits per heavy atom. The molecule has 1 unspecified atom stereocenters. The average Bonchev–Trinajstić information content (AvgIpc) is 3.30. The van der Waals surface area contributed by atoms with E-state index in [-0.39, 0.29) is 30.4 Å². The first-order valence-electron chi connectivity index (χ1n) is 9.91. The summed E-state index contributed by atoms with van der Waals surface area (Å²) < 4.78 is 5.49. The van der Waals surface area contributed by atoms with E-state index in [0.29, 0.717) is 23.4 Å². The highest BCUT2D eigenvalue weighted by Crippen LogP contribution is 2.13. The van der Waals surface area contributed by atoms with Crippen LogP contribution in [0.4, 0.5) is 11.4 Å². The third-order valence-corrected chi connectivity index (χ3v) is 4.77. The molecular weight excluding hydrogens is 384 g/mol. The molecule has 158 valence electrons. The van der Waals surface area contributed by atoms with Gasteiger partial charge in [0, 0.05) is 42.7 Å². The molecule has 1 heterocycles. The van der Waals surface area contributed by atoms with Crippen molar-refractivity contribution in [3.8, 4) is 0 Å². The van der Waals surface area contributed by atoms with Gasteiger partial charge in [0.25, 0.3) is 11.8 Å². The van der Waals surface area contributed by atoms with Crippen molar-refractivity contribution in [2.45, 2.75) is 18.9 Å². The smallest absolute Gasteiger partial charge is 0.251 e. The first kappa shape index (κ1) is 21.3. The van der Waals surface area contributed by atoms with Crippen molar-refractivity contribution in [1.82, 2.24) is 10.6 Å². The number of hydrogen-bond acceptors (Lipinski definition) is 5. The van der Waals surface area contributed by atoms with Crippen LogP contribution in [-0.4, -0.2) is 50.6 Å². The summed E-state index contributed by atoms with van der Waals surface area (Å²) in [5, 5.41) is 11.2. The highest BCUT2D eigenvalue weighted by Gasteiger charge is 2.16. The van der Waals surface area contributed by atoms with Gasteiger partial charge in [-0.15, -0.1) is 0 Å². The van der Waals surface area contributed by atoms with E-state index in [0.717, 1.165) is 25.1 Å². The molecule has 30 heavy (non-hydrogen) atoms. The molecule has 0 aromatic heterocycles. The molecule has 1 atom stereocenters. The van der Waals surface area contributed by atoms with E-state index in [4.69, 9.17) is 4.74 Å². The lowest BCUT2D eigenvalue weighted by molar-refractivity contribution is -0.114. The molecule has 0 spiro atoms. The van der Waals surface area contributed by atoms with E-state index >= 15 is 0 Å². The fraction of sp³-hybridized carbons (Fsp3) is 0.318. The summed E-state index contributed by atoms with van der Waals surface area (Å²) in [6, 6.07) is 13.6. The summed E-state index contributed by atoms with van der Waals surface area (Å²) in [4.78, 5) is 35.9. The van der Waals surface area contributed by atoms with Crippen LogP contribution in [0.1, 0.15) is 33.6 Å². The van der Waals surface area contributed by atoms with E-state index in [2.05, 4.69) is 21.3 Å². The van der Waals surface area contributed by atoms with Crippen molar-refractivity contribution in [3.63, 3.8) is 0 Å². The molecule has 1 fully saturated rings. The molecule has 3 amide bonds. The van der Waals surface area contributed by atoms with Gasteiger partial charge in [-0.05, 0) is 61.4 Å². The summed E-state index contributed by atoms with van der Waals surface area (Å²) in [7, 11) is 1.57. The molecule has 0 aliphatic carbocycles. The second-order valence-electron chi connectivity index (χ2n) is 6.98. The van der Waals surface area contributed by atoms with Crippen LogP contribution >= 0.6 is 0 Å². The van der Waals surface area contributed by atoms with Crippen LogP contribution in [0.5, 0.6) is 0 Å². The van der Waals surface area contributed by atoms with Gasteiger partial charge in [0.2, 0.25) is 5.91 Å². The van der Waals surface area contributed by atoms with Crippen molar-refractivity contribution in [1.29, 1.82) is 0 Å². The number of ether oxygens (including phenoxy) is 1. The molecule has 1 aliphatic heterocycles. The number of benzene rings is 2. The fourth-order valence-electron chi connectivity index (χ4n) is 3.09. The van der Waals surface area contributed by atoms with Gasteiger partial charge in [-0.25, -0.2) is 0 Å². The van der Waals surface area contributed by atoms with Gasteiger partial charge in [0.1, 0.15) is 0 Å². The van der Waals surface area contributed by atoms with E-state index in [1.807, 2.05) is 0 Å². The molecular formula is C22H26N4O4. The van der Waals surface area contributed by atoms with Crippen LogP contribution in [0.25, 0.3) is 0 Å². The Balaban J connectivity index is 1.43. The molecule has 1 saturated heterocycles. The first-order chi connectivity index (χ1) is 14.5. The molecule has 0 saturated carbocycles. The van der Waals surface area contributed by atoms with Gasteiger partial charge in [0.15, 0.2) is 0 Å². The van der Waals surface area contributed by atoms with Gasteiger partial charge in [-0.1, -0.05) is 0 Å². The quantitative estimate of drug-likeness (QED) is 0.532.